The zero-order chi connectivity index (χ0) is 20.2. The quantitative estimate of drug-likeness (QED) is 0.796. The molecule has 1 fully saturated rings. The maximum atomic E-state index is 12.9. The minimum Gasteiger partial charge on any atom is -0.486 e. The van der Waals surface area contributed by atoms with Gasteiger partial charge in [-0.05, 0) is 55.6 Å². The molecule has 6 heteroatoms. The molecule has 0 saturated carbocycles. The minimum absolute atomic E-state index is 0.00843. The van der Waals surface area contributed by atoms with Crippen molar-refractivity contribution in [2.75, 3.05) is 26.3 Å². The van der Waals surface area contributed by atoms with E-state index < -0.39 is 0 Å². The fourth-order valence-electron chi connectivity index (χ4n) is 4.02. The van der Waals surface area contributed by atoms with E-state index in [9.17, 15) is 4.79 Å². The van der Waals surface area contributed by atoms with Crippen molar-refractivity contribution in [2.45, 2.75) is 32.4 Å². The number of piperidine rings is 1. The monoisotopic (exact) mass is 414 g/mol. The van der Waals surface area contributed by atoms with Gasteiger partial charge in [-0.15, -0.1) is 0 Å². The summed E-state index contributed by atoms with van der Waals surface area (Å²) in [6.07, 6.45) is 1.93. The number of amides is 1. The Bertz CT molecular complexity index is 873. The molecule has 0 aliphatic carbocycles. The topological polar surface area (TPSA) is 50.8 Å². The van der Waals surface area contributed by atoms with Crippen molar-refractivity contribution in [2.24, 2.45) is 5.92 Å². The number of likely N-dealkylation sites (tertiary alicyclic amines) is 1. The first kappa shape index (κ1) is 20.0. The molecular formula is C23H27ClN2O3. The minimum atomic E-state index is -0.0859. The molecule has 1 N–H and O–H groups in total. The van der Waals surface area contributed by atoms with Gasteiger partial charge in [0.15, 0.2) is 11.5 Å². The van der Waals surface area contributed by atoms with E-state index in [0.29, 0.717) is 13.2 Å². The average Bonchev–Trinajstić information content (AvgIpc) is 2.75. The lowest BCUT2D eigenvalue weighted by molar-refractivity contribution is -0.127. The molecule has 1 saturated heterocycles. The van der Waals surface area contributed by atoms with Gasteiger partial charge in [-0.1, -0.05) is 35.9 Å². The first-order valence-corrected chi connectivity index (χ1v) is 10.6. The maximum Gasteiger partial charge on any atom is 0.224 e. The molecule has 0 aromatic heterocycles. The third-order valence-corrected chi connectivity index (χ3v) is 6.02. The summed E-state index contributed by atoms with van der Waals surface area (Å²) in [5.41, 5.74) is 2.13. The fraction of sp³-hybridized carbons (Fsp3) is 0.435. The van der Waals surface area contributed by atoms with Crippen LogP contribution in [0.5, 0.6) is 11.5 Å². The first-order valence-electron chi connectivity index (χ1n) is 10.3. The van der Waals surface area contributed by atoms with Crippen LogP contribution in [0.15, 0.2) is 42.5 Å². The van der Waals surface area contributed by atoms with E-state index in [4.69, 9.17) is 21.1 Å². The third-order valence-electron chi connectivity index (χ3n) is 5.65. The summed E-state index contributed by atoms with van der Waals surface area (Å²) in [5, 5.41) is 3.96. The zero-order valence-electron chi connectivity index (χ0n) is 16.7. The van der Waals surface area contributed by atoms with Crippen LogP contribution in [0.2, 0.25) is 5.02 Å². The molecule has 2 aromatic rings. The largest absolute Gasteiger partial charge is 0.486 e. The normalized spacial score (nSPS) is 20.1. The van der Waals surface area contributed by atoms with Gasteiger partial charge >= 0.3 is 0 Å². The molecule has 2 heterocycles. The Hall–Kier alpha value is -2.24. The number of rotatable bonds is 5. The number of hydrogen-bond acceptors (Lipinski definition) is 4. The third kappa shape index (κ3) is 4.85. The van der Waals surface area contributed by atoms with Crippen LogP contribution in [0.25, 0.3) is 0 Å². The van der Waals surface area contributed by atoms with Crippen LogP contribution < -0.4 is 14.8 Å². The standard InChI is InChI=1S/C23H27ClN2O3/c1-16(17-8-9-21-22(13-17)29-12-11-28-21)25-23(27)19-6-4-10-26(15-19)14-18-5-2-3-7-20(18)24/h2-3,5,7-9,13,16,19H,4,6,10-12,14-15H2,1H3,(H,25,27)/t16-,19+/m0/s1. The molecule has 29 heavy (non-hydrogen) atoms. The molecule has 2 aliphatic rings. The number of carbonyl (C=O) groups is 1. The van der Waals surface area contributed by atoms with Crippen molar-refractivity contribution < 1.29 is 14.3 Å². The van der Waals surface area contributed by atoms with Crippen molar-refractivity contribution >= 4 is 17.5 Å². The molecule has 2 atom stereocenters. The lowest BCUT2D eigenvalue weighted by Gasteiger charge is -2.33. The van der Waals surface area contributed by atoms with Gasteiger partial charge in [-0.25, -0.2) is 0 Å². The van der Waals surface area contributed by atoms with E-state index in [2.05, 4.69) is 16.3 Å². The molecule has 2 aromatic carbocycles. The smallest absolute Gasteiger partial charge is 0.224 e. The molecule has 0 spiro atoms. The number of carbonyl (C=O) groups excluding carboxylic acids is 1. The SMILES string of the molecule is C[C@H](NC(=O)[C@@H]1CCCN(Cc2ccccc2Cl)C1)c1ccc2c(c1)OCCO2. The van der Waals surface area contributed by atoms with E-state index in [1.807, 2.05) is 43.3 Å². The molecular weight excluding hydrogens is 388 g/mol. The number of benzene rings is 2. The summed E-state index contributed by atoms with van der Waals surface area (Å²) >= 11 is 6.30. The second-order valence-electron chi connectivity index (χ2n) is 7.80. The molecule has 154 valence electrons. The van der Waals surface area contributed by atoms with Gasteiger partial charge in [-0.3, -0.25) is 9.69 Å². The number of nitrogens with one attached hydrogen (secondary N) is 1. The molecule has 0 unspecified atom stereocenters. The van der Waals surface area contributed by atoms with E-state index >= 15 is 0 Å². The lowest BCUT2D eigenvalue weighted by Crippen LogP contribution is -2.43. The summed E-state index contributed by atoms with van der Waals surface area (Å²) in [6, 6.07) is 13.7. The fourth-order valence-corrected chi connectivity index (χ4v) is 4.22. The van der Waals surface area contributed by atoms with Crippen LogP contribution in [0.1, 0.15) is 36.9 Å². The number of hydrogen-bond donors (Lipinski definition) is 1. The summed E-state index contributed by atoms with van der Waals surface area (Å²) < 4.78 is 11.2. The van der Waals surface area contributed by atoms with Crippen LogP contribution in [-0.2, 0) is 11.3 Å². The average molecular weight is 415 g/mol. The second kappa shape index (κ2) is 9.06. The molecule has 0 bridgehead atoms. The van der Waals surface area contributed by atoms with E-state index in [0.717, 1.165) is 60.1 Å². The van der Waals surface area contributed by atoms with Gasteiger partial charge in [0.2, 0.25) is 5.91 Å². The number of nitrogens with zero attached hydrogens (tertiary/aromatic N) is 1. The van der Waals surface area contributed by atoms with Gasteiger partial charge in [0.05, 0.1) is 12.0 Å². The van der Waals surface area contributed by atoms with Crippen molar-refractivity contribution in [1.82, 2.24) is 10.2 Å². The van der Waals surface area contributed by atoms with Gasteiger partial charge in [-0.2, -0.15) is 0 Å². The number of ether oxygens (including phenoxy) is 2. The molecule has 2 aliphatic heterocycles. The first-order chi connectivity index (χ1) is 14.1. The van der Waals surface area contributed by atoms with Crippen molar-refractivity contribution in [3.63, 3.8) is 0 Å². The predicted octanol–water partition coefficient (Wildman–Crippen LogP) is 4.20. The van der Waals surface area contributed by atoms with Crippen LogP contribution in [0.4, 0.5) is 0 Å². The van der Waals surface area contributed by atoms with Gasteiger partial charge in [0.25, 0.3) is 0 Å². The van der Waals surface area contributed by atoms with Crippen LogP contribution in [0.3, 0.4) is 0 Å². The number of fused-ring (bicyclic) bond motifs is 1. The highest BCUT2D eigenvalue weighted by molar-refractivity contribution is 6.31. The summed E-state index contributed by atoms with van der Waals surface area (Å²) in [5.74, 6) is 1.61. The van der Waals surface area contributed by atoms with Crippen LogP contribution >= 0.6 is 11.6 Å². The highest BCUT2D eigenvalue weighted by atomic mass is 35.5. The summed E-state index contributed by atoms with van der Waals surface area (Å²) in [7, 11) is 0. The Labute approximate surface area is 176 Å². The van der Waals surface area contributed by atoms with Crippen LogP contribution in [0, 0.1) is 5.92 Å². The summed E-state index contributed by atoms with van der Waals surface area (Å²) in [6.45, 7) is 5.66. The van der Waals surface area contributed by atoms with E-state index in [1.54, 1.807) is 0 Å². The maximum absolute atomic E-state index is 12.9. The van der Waals surface area contributed by atoms with E-state index in [1.165, 1.54) is 0 Å². The van der Waals surface area contributed by atoms with Gasteiger partial charge < -0.3 is 14.8 Å². The van der Waals surface area contributed by atoms with Gasteiger partial charge in [0, 0.05) is 18.1 Å². The molecule has 5 nitrogen and oxygen atoms in total. The van der Waals surface area contributed by atoms with Crippen LogP contribution in [-0.4, -0.2) is 37.1 Å². The van der Waals surface area contributed by atoms with Crippen molar-refractivity contribution in [1.29, 1.82) is 0 Å². The van der Waals surface area contributed by atoms with Crippen molar-refractivity contribution in [3.8, 4) is 11.5 Å². The second-order valence-corrected chi connectivity index (χ2v) is 8.21. The molecule has 1 amide bonds. The Balaban J connectivity index is 1.36. The van der Waals surface area contributed by atoms with E-state index in [-0.39, 0.29) is 17.9 Å². The Kier molecular flexibility index (Phi) is 6.26. The zero-order valence-corrected chi connectivity index (χ0v) is 17.5. The predicted molar refractivity (Wildman–Crippen MR) is 113 cm³/mol. The number of halogens is 1. The molecule has 4 rings (SSSR count). The van der Waals surface area contributed by atoms with Crippen molar-refractivity contribution in [3.05, 3.63) is 58.6 Å². The molecule has 0 radical (unpaired) electrons. The summed E-state index contributed by atoms with van der Waals surface area (Å²) in [4.78, 5) is 15.2. The lowest BCUT2D eigenvalue weighted by atomic mass is 9.96. The Morgan fingerprint density at radius 3 is 2.83 bits per heavy atom. The Morgan fingerprint density at radius 1 is 1.21 bits per heavy atom. The van der Waals surface area contributed by atoms with Gasteiger partial charge in [0.1, 0.15) is 13.2 Å². The highest BCUT2D eigenvalue weighted by Gasteiger charge is 2.27. The highest BCUT2D eigenvalue weighted by Crippen LogP contribution is 2.32. The Morgan fingerprint density at radius 2 is 2.00 bits per heavy atom.